The standard InChI is InChI=1S/C25H45O8P/c1-22(2)24(26)30-18-14-10-6-8-12-16-20-32-34(28,29-5)33-21-17-13-9-7-11-15-19-31-25(27)23(3)4/h1,3,6-21H2,2,4-5H3. The Balaban J connectivity index is 3.59. The van der Waals surface area contributed by atoms with Crippen LogP contribution in [0.1, 0.15) is 90.9 Å². The molecule has 8 nitrogen and oxygen atoms in total. The average molecular weight is 505 g/mol. The monoisotopic (exact) mass is 504 g/mol. The number of hydrogen-bond acceptors (Lipinski definition) is 8. The van der Waals surface area contributed by atoms with Gasteiger partial charge < -0.3 is 9.47 Å². The van der Waals surface area contributed by atoms with Crippen LogP contribution in [0.25, 0.3) is 0 Å². The molecule has 198 valence electrons. The van der Waals surface area contributed by atoms with E-state index in [0.29, 0.717) is 37.6 Å². The van der Waals surface area contributed by atoms with Gasteiger partial charge in [0, 0.05) is 18.3 Å². The lowest BCUT2D eigenvalue weighted by Gasteiger charge is -2.15. The number of phosphoric ester groups is 1. The summed E-state index contributed by atoms with van der Waals surface area (Å²) < 4.78 is 38.3. The Morgan fingerprint density at radius 3 is 1.18 bits per heavy atom. The SMILES string of the molecule is C=C(C)C(=O)OCCCCCCCCOP(=O)(OC)OCCCCCCCCOC(=O)C(=C)C. The first-order valence-electron chi connectivity index (χ1n) is 12.3. The molecule has 0 aliphatic rings. The molecular formula is C25H45O8P. The fraction of sp³-hybridized carbons (Fsp3) is 0.760. The zero-order valence-electron chi connectivity index (χ0n) is 21.4. The van der Waals surface area contributed by atoms with Crippen molar-refractivity contribution in [2.75, 3.05) is 33.5 Å². The van der Waals surface area contributed by atoms with Crippen molar-refractivity contribution in [2.24, 2.45) is 0 Å². The van der Waals surface area contributed by atoms with Gasteiger partial charge >= 0.3 is 19.8 Å². The molecule has 0 N–H and O–H groups in total. The summed E-state index contributed by atoms with van der Waals surface area (Å²) in [5.41, 5.74) is 0.842. The fourth-order valence-corrected chi connectivity index (χ4v) is 3.88. The first-order valence-corrected chi connectivity index (χ1v) is 13.8. The maximum absolute atomic E-state index is 12.4. The van der Waals surface area contributed by atoms with E-state index in [1.165, 1.54) is 7.11 Å². The van der Waals surface area contributed by atoms with E-state index in [1.807, 2.05) is 0 Å². The molecule has 0 aliphatic carbocycles. The molecule has 0 saturated heterocycles. The van der Waals surface area contributed by atoms with Gasteiger partial charge in [-0.1, -0.05) is 64.5 Å². The Kier molecular flexibility index (Phi) is 20.0. The zero-order valence-corrected chi connectivity index (χ0v) is 22.3. The van der Waals surface area contributed by atoms with E-state index in [9.17, 15) is 14.2 Å². The van der Waals surface area contributed by atoms with Gasteiger partial charge in [-0.05, 0) is 39.5 Å². The third-order valence-electron chi connectivity index (χ3n) is 4.96. The molecule has 0 atom stereocenters. The highest BCUT2D eigenvalue weighted by atomic mass is 31.2. The third kappa shape index (κ3) is 18.9. The molecule has 0 aromatic heterocycles. The van der Waals surface area contributed by atoms with Gasteiger partial charge in [-0.3, -0.25) is 13.6 Å². The molecule has 0 aliphatic heterocycles. The summed E-state index contributed by atoms with van der Waals surface area (Å²) in [7, 11) is -2.15. The van der Waals surface area contributed by atoms with E-state index in [0.717, 1.165) is 77.0 Å². The van der Waals surface area contributed by atoms with Gasteiger partial charge in [0.1, 0.15) is 0 Å². The third-order valence-corrected chi connectivity index (χ3v) is 6.41. The smallest absolute Gasteiger partial charge is 0.462 e. The number of carbonyl (C=O) groups excluding carboxylic acids is 2. The van der Waals surface area contributed by atoms with Crippen LogP contribution in [0.15, 0.2) is 24.3 Å². The summed E-state index contributed by atoms with van der Waals surface area (Å²) in [6.07, 6.45) is 11.3. The van der Waals surface area contributed by atoms with Crippen LogP contribution in [0.2, 0.25) is 0 Å². The van der Waals surface area contributed by atoms with Gasteiger partial charge in [0.25, 0.3) is 0 Å². The van der Waals surface area contributed by atoms with E-state index in [1.54, 1.807) is 13.8 Å². The lowest BCUT2D eigenvalue weighted by molar-refractivity contribution is -0.139. The Labute approximate surface area is 206 Å². The molecule has 0 aromatic rings. The number of ether oxygens (including phenoxy) is 2. The molecule has 0 saturated carbocycles. The van der Waals surface area contributed by atoms with Crippen molar-refractivity contribution in [2.45, 2.75) is 90.9 Å². The van der Waals surface area contributed by atoms with Crippen LogP contribution in [0.5, 0.6) is 0 Å². The summed E-state index contributed by atoms with van der Waals surface area (Å²) in [6, 6.07) is 0. The Morgan fingerprint density at radius 1 is 0.588 bits per heavy atom. The maximum Gasteiger partial charge on any atom is 0.474 e. The molecule has 0 fully saturated rings. The van der Waals surface area contributed by atoms with E-state index >= 15 is 0 Å². The highest BCUT2D eigenvalue weighted by Gasteiger charge is 2.24. The van der Waals surface area contributed by atoms with Crippen LogP contribution in [0.4, 0.5) is 0 Å². The minimum absolute atomic E-state index is 0.331. The summed E-state index contributed by atoms with van der Waals surface area (Å²) in [6.45, 7) is 11.9. The molecule has 0 aromatic carbocycles. The first-order chi connectivity index (χ1) is 16.2. The highest BCUT2D eigenvalue weighted by molar-refractivity contribution is 7.48. The highest BCUT2D eigenvalue weighted by Crippen LogP contribution is 2.48. The van der Waals surface area contributed by atoms with Gasteiger partial charge in [0.15, 0.2) is 0 Å². The van der Waals surface area contributed by atoms with Crippen LogP contribution in [0, 0.1) is 0 Å². The Morgan fingerprint density at radius 2 is 0.882 bits per heavy atom. The predicted molar refractivity (Wildman–Crippen MR) is 133 cm³/mol. The van der Waals surface area contributed by atoms with Crippen LogP contribution < -0.4 is 0 Å². The topological polar surface area (TPSA) is 97.4 Å². The molecule has 9 heteroatoms. The molecule has 0 unspecified atom stereocenters. The molecule has 0 spiro atoms. The van der Waals surface area contributed by atoms with Crippen LogP contribution >= 0.6 is 7.82 Å². The summed E-state index contributed by atoms with van der Waals surface area (Å²) in [5.74, 6) is -0.671. The first kappa shape index (κ1) is 32.5. The number of esters is 2. The summed E-state index contributed by atoms with van der Waals surface area (Å²) in [5, 5.41) is 0. The minimum Gasteiger partial charge on any atom is -0.462 e. The summed E-state index contributed by atoms with van der Waals surface area (Å²) >= 11 is 0. The van der Waals surface area contributed by atoms with E-state index in [4.69, 9.17) is 23.0 Å². The van der Waals surface area contributed by atoms with Gasteiger partial charge in [-0.2, -0.15) is 0 Å². The number of phosphoric acid groups is 1. The van der Waals surface area contributed by atoms with Gasteiger partial charge in [0.05, 0.1) is 26.4 Å². The van der Waals surface area contributed by atoms with E-state index in [2.05, 4.69) is 13.2 Å². The average Bonchev–Trinajstić information content (AvgIpc) is 2.80. The number of hydrogen-bond donors (Lipinski definition) is 0. The van der Waals surface area contributed by atoms with Crippen molar-refractivity contribution in [3.8, 4) is 0 Å². The van der Waals surface area contributed by atoms with Crippen molar-refractivity contribution in [1.29, 1.82) is 0 Å². The molecular weight excluding hydrogens is 459 g/mol. The molecule has 0 heterocycles. The lowest BCUT2D eigenvalue weighted by atomic mass is 10.1. The van der Waals surface area contributed by atoms with Crippen LogP contribution in [0.3, 0.4) is 0 Å². The fourth-order valence-electron chi connectivity index (χ4n) is 2.89. The normalized spacial score (nSPS) is 11.3. The lowest BCUT2D eigenvalue weighted by Crippen LogP contribution is -2.06. The van der Waals surface area contributed by atoms with E-state index < -0.39 is 7.82 Å². The van der Waals surface area contributed by atoms with Crippen molar-refractivity contribution >= 4 is 19.8 Å². The molecule has 0 amide bonds. The van der Waals surface area contributed by atoms with Crippen LogP contribution in [-0.2, 0) is 37.2 Å². The molecule has 0 rings (SSSR count). The molecule has 34 heavy (non-hydrogen) atoms. The quantitative estimate of drug-likeness (QED) is 0.0657. The van der Waals surface area contributed by atoms with E-state index in [-0.39, 0.29) is 11.9 Å². The van der Waals surface area contributed by atoms with Crippen molar-refractivity contribution in [3.05, 3.63) is 24.3 Å². The van der Waals surface area contributed by atoms with Crippen LogP contribution in [-0.4, -0.2) is 45.5 Å². The van der Waals surface area contributed by atoms with Gasteiger partial charge in [-0.15, -0.1) is 0 Å². The Bertz CT molecular complexity index is 597. The molecule has 0 radical (unpaired) electrons. The maximum atomic E-state index is 12.4. The van der Waals surface area contributed by atoms with Gasteiger partial charge in [-0.25, -0.2) is 14.2 Å². The second kappa shape index (κ2) is 20.9. The number of carbonyl (C=O) groups is 2. The Hall–Kier alpha value is -1.47. The van der Waals surface area contributed by atoms with Crippen molar-refractivity contribution in [3.63, 3.8) is 0 Å². The predicted octanol–water partition coefficient (Wildman–Crippen LogP) is 6.69. The molecule has 0 bridgehead atoms. The second-order valence-corrected chi connectivity index (χ2v) is 10.1. The number of unbranched alkanes of at least 4 members (excludes halogenated alkanes) is 10. The summed E-state index contributed by atoms with van der Waals surface area (Å²) in [4.78, 5) is 22.5. The van der Waals surface area contributed by atoms with Crippen molar-refractivity contribution < 1.29 is 37.2 Å². The second-order valence-electron chi connectivity index (χ2n) is 8.37. The van der Waals surface area contributed by atoms with Gasteiger partial charge in [0.2, 0.25) is 0 Å². The largest absolute Gasteiger partial charge is 0.474 e. The van der Waals surface area contributed by atoms with Crippen molar-refractivity contribution in [1.82, 2.24) is 0 Å². The zero-order chi connectivity index (χ0) is 25.7. The minimum atomic E-state index is -3.49. The number of rotatable bonds is 23.